The minimum Gasteiger partial charge on any atom is -0.494 e. The van der Waals surface area contributed by atoms with Crippen molar-refractivity contribution in [3.05, 3.63) is 71.3 Å². The van der Waals surface area contributed by atoms with E-state index < -0.39 is 11.9 Å². The van der Waals surface area contributed by atoms with Crippen molar-refractivity contribution < 1.29 is 22.8 Å². The number of aromatic nitrogens is 2. The summed E-state index contributed by atoms with van der Waals surface area (Å²) < 4.78 is 38.3. The molecule has 0 fully saturated rings. The third kappa shape index (κ3) is 4.64. The molecule has 3 aromatic rings. The first kappa shape index (κ1) is 23.4. The molecule has 2 amide bonds. The van der Waals surface area contributed by atoms with Gasteiger partial charge >= 0.3 is 6.03 Å². The van der Waals surface area contributed by atoms with Crippen LogP contribution in [0.2, 0.25) is 0 Å². The Bertz CT molecular complexity index is 1220. The van der Waals surface area contributed by atoms with Gasteiger partial charge in [0.1, 0.15) is 5.82 Å². The lowest BCUT2D eigenvalue weighted by atomic mass is 9.94. The van der Waals surface area contributed by atoms with E-state index in [0.29, 0.717) is 34.9 Å². The maximum atomic E-state index is 14.2. The van der Waals surface area contributed by atoms with Gasteiger partial charge in [0.2, 0.25) is 5.82 Å². The SMILES string of the molecule is COc1ccc(-c2noc(C3=C(C)N(CCC(C)C)C(=O)NC3c3ccc(F)cc3)n2)cc1F. The number of rotatable bonds is 7. The molecule has 2 heterocycles. The second kappa shape index (κ2) is 9.62. The standard InChI is InChI=1S/C25H26F2N4O3/c1-14(2)11-12-31-15(3)21(22(28-25(31)32)16-5-8-18(26)9-6-16)24-29-23(30-34-24)17-7-10-20(33-4)19(27)13-17/h5-10,13-14,22H,11-12H2,1-4H3,(H,28,32). The van der Waals surface area contributed by atoms with E-state index in [2.05, 4.69) is 29.3 Å². The minimum absolute atomic E-state index is 0.109. The van der Waals surface area contributed by atoms with Crippen molar-refractivity contribution in [1.82, 2.24) is 20.4 Å². The molecule has 1 aliphatic rings. The van der Waals surface area contributed by atoms with E-state index in [4.69, 9.17) is 9.26 Å². The summed E-state index contributed by atoms with van der Waals surface area (Å²) in [5, 5.41) is 7.01. The zero-order valence-electron chi connectivity index (χ0n) is 19.4. The fourth-order valence-electron chi connectivity index (χ4n) is 3.88. The topological polar surface area (TPSA) is 80.5 Å². The molecular weight excluding hydrogens is 442 g/mol. The Labute approximate surface area is 196 Å². The lowest BCUT2D eigenvalue weighted by molar-refractivity contribution is 0.202. The number of methoxy groups -OCH3 is 1. The van der Waals surface area contributed by atoms with Gasteiger partial charge in [0.25, 0.3) is 5.89 Å². The van der Waals surface area contributed by atoms with E-state index in [-0.39, 0.29) is 29.3 Å². The smallest absolute Gasteiger partial charge is 0.322 e. The van der Waals surface area contributed by atoms with Crippen LogP contribution in [0.5, 0.6) is 5.75 Å². The fraction of sp³-hybridized carbons (Fsp3) is 0.320. The zero-order valence-corrected chi connectivity index (χ0v) is 19.4. The second-order valence-electron chi connectivity index (χ2n) is 8.54. The van der Waals surface area contributed by atoms with Gasteiger partial charge in [-0.1, -0.05) is 31.1 Å². The molecule has 0 bridgehead atoms. The summed E-state index contributed by atoms with van der Waals surface area (Å²) in [4.78, 5) is 19.1. The number of nitrogens with zero attached hydrogens (tertiary/aromatic N) is 3. The van der Waals surface area contributed by atoms with Crippen molar-refractivity contribution in [2.24, 2.45) is 5.92 Å². The number of hydrogen-bond donors (Lipinski definition) is 1. The summed E-state index contributed by atoms with van der Waals surface area (Å²) in [6.07, 6.45) is 0.805. The molecule has 1 aliphatic heterocycles. The maximum absolute atomic E-state index is 14.2. The van der Waals surface area contributed by atoms with E-state index in [1.54, 1.807) is 23.1 Å². The van der Waals surface area contributed by atoms with Gasteiger partial charge in [-0.25, -0.2) is 13.6 Å². The monoisotopic (exact) mass is 468 g/mol. The highest BCUT2D eigenvalue weighted by molar-refractivity contribution is 5.86. The van der Waals surface area contributed by atoms with Crippen LogP contribution >= 0.6 is 0 Å². The average molecular weight is 469 g/mol. The summed E-state index contributed by atoms with van der Waals surface area (Å²) in [6, 6.07) is 9.38. The molecule has 34 heavy (non-hydrogen) atoms. The van der Waals surface area contributed by atoms with E-state index in [1.165, 1.54) is 31.4 Å². The van der Waals surface area contributed by atoms with Crippen molar-refractivity contribution in [3.63, 3.8) is 0 Å². The molecule has 0 spiro atoms. The van der Waals surface area contributed by atoms with Gasteiger partial charge in [-0.3, -0.25) is 4.90 Å². The minimum atomic E-state index is -0.621. The molecule has 1 aromatic heterocycles. The molecule has 178 valence electrons. The Morgan fingerprint density at radius 1 is 1.18 bits per heavy atom. The molecule has 1 unspecified atom stereocenters. The molecule has 0 radical (unpaired) electrons. The van der Waals surface area contributed by atoms with E-state index >= 15 is 0 Å². The van der Waals surface area contributed by atoms with E-state index in [9.17, 15) is 13.6 Å². The molecule has 0 saturated heterocycles. The molecular formula is C25H26F2N4O3. The van der Waals surface area contributed by atoms with Gasteiger partial charge in [0.15, 0.2) is 11.6 Å². The molecule has 1 atom stereocenters. The number of nitrogens with one attached hydrogen (secondary N) is 1. The quantitative estimate of drug-likeness (QED) is 0.491. The molecule has 4 rings (SSSR count). The van der Waals surface area contributed by atoms with Crippen molar-refractivity contribution in [2.75, 3.05) is 13.7 Å². The largest absolute Gasteiger partial charge is 0.494 e. The second-order valence-corrected chi connectivity index (χ2v) is 8.54. The summed E-state index contributed by atoms with van der Waals surface area (Å²) in [5.74, 6) is -0.0333. The summed E-state index contributed by atoms with van der Waals surface area (Å²) >= 11 is 0. The normalized spacial score (nSPS) is 16.3. The highest BCUT2D eigenvalue weighted by atomic mass is 19.1. The van der Waals surface area contributed by atoms with Crippen molar-refractivity contribution in [1.29, 1.82) is 0 Å². The van der Waals surface area contributed by atoms with Gasteiger partial charge < -0.3 is 14.6 Å². The highest BCUT2D eigenvalue weighted by Gasteiger charge is 2.35. The fourth-order valence-corrected chi connectivity index (χ4v) is 3.88. The molecule has 0 saturated carbocycles. The molecule has 9 heteroatoms. The van der Waals surface area contributed by atoms with Gasteiger partial charge in [-0.15, -0.1) is 0 Å². The van der Waals surface area contributed by atoms with Crippen LogP contribution in [0.3, 0.4) is 0 Å². The molecule has 0 aliphatic carbocycles. The molecule has 1 N–H and O–H groups in total. The predicted molar refractivity (Wildman–Crippen MR) is 123 cm³/mol. The van der Waals surface area contributed by atoms with Crippen LogP contribution in [-0.2, 0) is 0 Å². The molecule has 7 nitrogen and oxygen atoms in total. The van der Waals surface area contributed by atoms with Gasteiger partial charge in [0, 0.05) is 17.8 Å². The predicted octanol–water partition coefficient (Wildman–Crippen LogP) is 5.57. The average Bonchev–Trinajstić information content (AvgIpc) is 3.28. The first-order valence-corrected chi connectivity index (χ1v) is 11.0. The van der Waals surface area contributed by atoms with E-state index in [0.717, 1.165) is 6.42 Å². The lowest BCUT2D eigenvalue weighted by Gasteiger charge is -2.35. The first-order chi connectivity index (χ1) is 16.3. The van der Waals surface area contributed by atoms with Crippen molar-refractivity contribution in [3.8, 4) is 17.1 Å². The molecule has 2 aromatic carbocycles. The Balaban J connectivity index is 1.77. The number of ether oxygens (including phenoxy) is 1. The number of amides is 2. The highest BCUT2D eigenvalue weighted by Crippen LogP contribution is 2.37. The van der Waals surface area contributed by atoms with Crippen LogP contribution in [-0.4, -0.2) is 34.7 Å². The van der Waals surface area contributed by atoms with Crippen LogP contribution in [0, 0.1) is 17.6 Å². The number of urea groups is 1. The number of hydrogen-bond acceptors (Lipinski definition) is 5. The summed E-state index contributed by atoms with van der Waals surface area (Å²) in [6.45, 7) is 6.50. The van der Waals surface area contributed by atoms with Gasteiger partial charge in [-0.05, 0) is 55.2 Å². The Kier molecular flexibility index (Phi) is 6.63. The maximum Gasteiger partial charge on any atom is 0.322 e. The zero-order chi connectivity index (χ0) is 24.4. The number of halogens is 2. The van der Waals surface area contributed by atoms with Crippen LogP contribution in [0.15, 0.2) is 52.7 Å². The van der Waals surface area contributed by atoms with Gasteiger partial charge in [0.05, 0.1) is 18.7 Å². The van der Waals surface area contributed by atoms with Crippen molar-refractivity contribution in [2.45, 2.75) is 33.2 Å². The van der Waals surface area contributed by atoms with Crippen LogP contribution < -0.4 is 10.1 Å². The Hall–Kier alpha value is -3.75. The van der Waals surface area contributed by atoms with E-state index in [1.807, 2.05) is 6.92 Å². The third-order valence-corrected chi connectivity index (χ3v) is 5.80. The number of allylic oxidation sites excluding steroid dienone is 1. The number of carbonyl (C=O) groups excluding carboxylic acids is 1. The van der Waals surface area contributed by atoms with Crippen LogP contribution in [0.1, 0.15) is 44.7 Å². The van der Waals surface area contributed by atoms with Crippen LogP contribution in [0.4, 0.5) is 13.6 Å². The lowest BCUT2D eigenvalue weighted by Crippen LogP contribution is -2.46. The third-order valence-electron chi connectivity index (χ3n) is 5.80. The first-order valence-electron chi connectivity index (χ1n) is 11.0. The van der Waals surface area contributed by atoms with Crippen LogP contribution in [0.25, 0.3) is 17.0 Å². The summed E-state index contributed by atoms with van der Waals surface area (Å²) in [5.41, 5.74) is 2.35. The van der Waals surface area contributed by atoms with Gasteiger partial charge in [-0.2, -0.15) is 4.98 Å². The number of carbonyl (C=O) groups is 1. The Morgan fingerprint density at radius 3 is 2.56 bits per heavy atom. The Morgan fingerprint density at radius 2 is 1.91 bits per heavy atom. The summed E-state index contributed by atoms with van der Waals surface area (Å²) in [7, 11) is 1.39. The van der Waals surface area contributed by atoms with Crippen molar-refractivity contribution >= 4 is 11.6 Å². The number of benzene rings is 2.